The van der Waals surface area contributed by atoms with Crippen LogP contribution in [0.4, 0.5) is 18.9 Å². The molecule has 4 atom stereocenters. The number of carbonyl (C=O) groups is 2. The highest BCUT2D eigenvalue weighted by Gasteiger charge is 2.62. The van der Waals surface area contributed by atoms with E-state index in [9.17, 15) is 22.8 Å². The molecule has 1 heterocycles. The predicted molar refractivity (Wildman–Crippen MR) is 140 cm³/mol. The molecule has 0 radical (unpaired) electrons. The highest BCUT2D eigenvalue weighted by atomic mass is 35.5. The van der Waals surface area contributed by atoms with Gasteiger partial charge >= 0.3 is 6.18 Å². The third kappa shape index (κ3) is 3.73. The van der Waals surface area contributed by atoms with Crippen molar-refractivity contribution in [2.45, 2.75) is 20.0 Å². The molecule has 1 saturated heterocycles. The summed E-state index contributed by atoms with van der Waals surface area (Å²) in [5, 5.41) is -0.478. The van der Waals surface area contributed by atoms with Gasteiger partial charge in [0.1, 0.15) is 0 Å². The van der Waals surface area contributed by atoms with E-state index in [2.05, 4.69) is 0 Å². The number of hydrogen-bond acceptors (Lipinski definition) is 2. The van der Waals surface area contributed by atoms with Gasteiger partial charge in [0.2, 0.25) is 11.8 Å². The maximum Gasteiger partial charge on any atom is 0.417 e. The molecule has 3 aromatic carbocycles. The van der Waals surface area contributed by atoms with Gasteiger partial charge in [-0.25, -0.2) is 4.90 Å². The summed E-state index contributed by atoms with van der Waals surface area (Å²) in [5.74, 6) is -2.92. The van der Waals surface area contributed by atoms with Crippen molar-refractivity contribution in [2.24, 2.45) is 23.7 Å². The molecule has 38 heavy (non-hydrogen) atoms. The standard InChI is InChI=1S/C31H23ClF3NO2/c1-16-3-7-18(8-4-16)25(19-9-5-17(2)6-10-19)26-21-12-13-22(26)28-27(21)29(37)36(30(28)38)20-11-14-24(32)23(15-20)31(33,34)35/h3-15,21-22,27-28H,1-2H3/t21-,22-,27+,28+/m1/s1. The predicted octanol–water partition coefficient (Wildman–Crippen LogP) is 7.40. The molecule has 3 aromatic rings. The number of anilines is 1. The molecule has 1 saturated carbocycles. The molecule has 1 aliphatic heterocycles. The van der Waals surface area contributed by atoms with E-state index >= 15 is 0 Å². The molecule has 7 heteroatoms. The first kappa shape index (κ1) is 24.7. The molecule has 192 valence electrons. The Balaban J connectivity index is 1.46. The lowest BCUT2D eigenvalue weighted by Gasteiger charge is -2.22. The van der Waals surface area contributed by atoms with Crippen molar-refractivity contribution in [3.05, 3.63) is 117 Å². The SMILES string of the molecule is Cc1ccc(C(=C2[C@H]3C=C[C@H]2[C@@H]2C(=O)N(c4ccc(Cl)c(C(F)(F)F)c4)C(=O)[C@H]23)c2ccc(C)cc2)cc1. The molecule has 2 fully saturated rings. The highest BCUT2D eigenvalue weighted by Crippen LogP contribution is 2.59. The van der Waals surface area contributed by atoms with Crippen LogP contribution in [0.15, 0.2) is 84.5 Å². The van der Waals surface area contributed by atoms with Crippen LogP contribution >= 0.6 is 11.6 Å². The summed E-state index contributed by atoms with van der Waals surface area (Å²) >= 11 is 5.78. The van der Waals surface area contributed by atoms with Crippen molar-refractivity contribution in [3.63, 3.8) is 0 Å². The number of allylic oxidation sites excluding steroid dienone is 3. The number of rotatable bonds is 3. The van der Waals surface area contributed by atoms with Gasteiger partial charge in [-0.1, -0.05) is 83.4 Å². The number of hydrogen-bond donors (Lipinski definition) is 0. The Kier molecular flexibility index (Phi) is 5.65. The van der Waals surface area contributed by atoms with E-state index in [1.54, 1.807) is 0 Å². The first-order chi connectivity index (χ1) is 18.1. The molecule has 3 nitrogen and oxygen atoms in total. The summed E-state index contributed by atoms with van der Waals surface area (Å²) in [6.07, 6.45) is -0.759. The largest absolute Gasteiger partial charge is 0.417 e. The Morgan fingerprint density at radius 1 is 0.763 bits per heavy atom. The van der Waals surface area contributed by atoms with Crippen molar-refractivity contribution in [3.8, 4) is 0 Å². The normalized spacial score (nSPS) is 23.9. The van der Waals surface area contributed by atoms with Crippen LogP contribution in [0, 0.1) is 37.5 Å². The molecule has 0 spiro atoms. The zero-order valence-electron chi connectivity index (χ0n) is 20.6. The minimum absolute atomic E-state index is 0.103. The Morgan fingerprint density at radius 2 is 1.24 bits per heavy atom. The van der Waals surface area contributed by atoms with Gasteiger partial charge in [-0.3, -0.25) is 9.59 Å². The van der Waals surface area contributed by atoms with E-state index in [1.807, 2.05) is 74.5 Å². The molecule has 0 N–H and O–H groups in total. The summed E-state index contributed by atoms with van der Waals surface area (Å²) in [7, 11) is 0. The molecule has 0 aromatic heterocycles. The molecule has 2 aliphatic carbocycles. The lowest BCUT2D eigenvalue weighted by atomic mass is 9.85. The second-order valence-electron chi connectivity index (χ2n) is 10.2. The number of fused-ring (bicyclic) bond motifs is 5. The topological polar surface area (TPSA) is 37.4 Å². The van der Waals surface area contributed by atoms with Gasteiger partial charge in [-0.2, -0.15) is 13.2 Å². The molecule has 0 unspecified atom stereocenters. The summed E-state index contributed by atoms with van der Waals surface area (Å²) in [5.41, 5.74) is 5.07. The molecular formula is C31H23ClF3NO2. The number of benzene rings is 3. The van der Waals surface area contributed by atoms with E-state index in [0.29, 0.717) is 0 Å². The van der Waals surface area contributed by atoms with Crippen LogP contribution in [-0.4, -0.2) is 11.8 Å². The van der Waals surface area contributed by atoms with E-state index in [0.717, 1.165) is 50.4 Å². The van der Waals surface area contributed by atoms with Gasteiger partial charge in [-0.05, 0) is 54.3 Å². The fourth-order valence-electron chi connectivity index (χ4n) is 6.16. The van der Waals surface area contributed by atoms with Gasteiger partial charge in [0.15, 0.2) is 0 Å². The molecule has 2 amide bonds. The zero-order valence-corrected chi connectivity index (χ0v) is 21.3. The average Bonchev–Trinajstić information content (AvgIpc) is 3.50. The third-order valence-electron chi connectivity index (χ3n) is 7.90. The maximum atomic E-state index is 13.7. The van der Waals surface area contributed by atoms with Crippen LogP contribution in [0.5, 0.6) is 0 Å². The summed E-state index contributed by atoms with van der Waals surface area (Å²) in [6.45, 7) is 4.03. The number of carbonyl (C=O) groups excluding carboxylic acids is 2. The molecule has 3 aliphatic rings. The monoisotopic (exact) mass is 533 g/mol. The summed E-state index contributed by atoms with van der Waals surface area (Å²) < 4.78 is 40.5. The fraction of sp³-hybridized carbons (Fsp3) is 0.226. The van der Waals surface area contributed by atoms with Crippen LogP contribution in [0.25, 0.3) is 5.57 Å². The highest BCUT2D eigenvalue weighted by molar-refractivity contribution is 6.31. The first-order valence-electron chi connectivity index (χ1n) is 12.4. The lowest BCUT2D eigenvalue weighted by molar-refractivity contribution is -0.137. The van der Waals surface area contributed by atoms with E-state index < -0.39 is 40.4 Å². The minimum Gasteiger partial charge on any atom is -0.274 e. The number of alkyl halides is 3. The maximum absolute atomic E-state index is 13.7. The van der Waals surface area contributed by atoms with Crippen LogP contribution < -0.4 is 4.90 Å². The average molecular weight is 534 g/mol. The quantitative estimate of drug-likeness (QED) is 0.260. The van der Waals surface area contributed by atoms with Gasteiger partial charge in [-0.15, -0.1) is 0 Å². The molecule has 2 bridgehead atoms. The fourth-order valence-corrected chi connectivity index (χ4v) is 6.39. The van der Waals surface area contributed by atoms with Gasteiger partial charge in [0, 0.05) is 11.8 Å². The number of halogens is 4. The van der Waals surface area contributed by atoms with Gasteiger partial charge < -0.3 is 0 Å². The minimum atomic E-state index is -4.71. The molecule has 6 rings (SSSR count). The van der Waals surface area contributed by atoms with E-state index in [4.69, 9.17) is 11.6 Å². The van der Waals surface area contributed by atoms with Crippen molar-refractivity contribution >= 4 is 34.7 Å². The summed E-state index contributed by atoms with van der Waals surface area (Å²) in [4.78, 5) is 28.3. The van der Waals surface area contributed by atoms with Gasteiger partial charge in [0.25, 0.3) is 0 Å². The number of amides is 2. The smallest absolute Gasteiger partial charge is 0.274 e. The second kappa shape index (κ2) is 8.70. The van der Waals surface area contributed by atoms with Gasteiger partial charge in [0.05, 0.1) is 28.1 Å². The Hall–Kier alpha value is -3.64. The number of aryl methyl sites for hydroxylation is 2. The van der Waals surface area contributed by atoms with Crippen molar-refractivity contribution in [1.29, 1.82) is 0 Å². The van der Waals surface area contributed by atoms with Crippen molar-refractivity contribution < 1.29 is 22.8 Å². The van der Waals surface area contributed by atoms with E-state index in [-0.39, 0.29) is 17.5 Å². The Morgan fingerprint density at radius 3 is 1.68 bits per heavy atom. The van der Waals surface area contributed by atoms with Crippen molar-refractivity contribution in [1.82, 2.24) is 0 Å². The lowest BCUT2D eigenvalue weighted by Crippen LogP contribution is -2.33. The summed E-state index contributed by atoms with van der Waals surface area (Å²) in [6, 6.07) is 19.5. The number of imide groups is 1. The van der Waals surface area contributed by atoms with Crippen LogP contribution in [0.2, 0.25) is 5.02 Å². The zero-order chi connectivity index (χ0) is 26.9. The van der Waals surface area contributed by atoms with E-state index in [1.165, 1.54) is 6.07 Å². The number of nitrogens with zero attached hydrogens (tertiary/aromatic N) is 1. The Bertz CT molecular complexity index is 1460. The molecular weight excluding hydrogens is 511 g/mol. The third-order valence-corrected chi connectivity index (χ3v) is 8.23. The van der Waals surface area contributed by atoms with Crippen LogP contribution in [-0.2, 0) is 15.8 Å². The first-order valence-corrected chi connectivity index (χ1v) is 12.7. The van der Waals surface area contributed by atoms with Crippen LogP contribution in [0.1, 0.15) is 27.8 Å². The second-order valence-corrected chi connectivity index (χ2v) is 10.6. The van der Waals surface area contributed by atoms with Crippen LogP contribution in [0.3, 0.4) is 0 Å². The Labute approximate surface area is 223 Å². The van der Waals surface area contributed by atoms with Crippen molar-refractivity contribution in [2.75, 3.05) is 4.90 Å².